The van der Waals surface area contributed by atoms with E-state index >= 15 is 0 Å². The highest BCUT2D eigenvalue weighted by atomic mass is 16.4. The number of phenols is 1. The lowest BCUT2D eigenvalue weighted by Gasteiger charge is -2.26. The quantitative estimate of drug-likeness (QED) is 0.107. The van der Waals surface area contributed by atoms with Crippen LogP contribution in [0.25, 0.3) is 0 Å². The largest absolute Gasteiger partial charge is 0.508 e. The number of carboxylic acids is 1. The van der Waals surface area contributed by atoms with Gasteiger partial charge in [-0.25, -0.2) is 4.79 Å². The highest BCUT2D eigenvalue weighted by Crippen LogP contribution is 2.13. The number of nitrogens with one attached hydrogen (secondary N) is 3. The second-order valence-corrected chi connectivity index (χ2v) is 9.60. The second-order valence-electron chi connectivity index (χ2n) is 9.60. The normalized spacial score (nSPS) is 14.8. The van der Waals surface area contributed by atoms with Gasteiger partial charge in [-0.15, -0.1) is 0 Å². The molecule has 13 nitrogen and oxygen atoms in total. The molecule has 0 spiro atoms. The summed E-state index contributed by atoms with van der Waals surface area (Å²) in [6.07, 6.45) is 1.64. The maximum Gasteiger partial charge on any atom is 0.326 e. The number of phenolic OH excluding ortho intramolecular Hbond substituents is 1. The van der Waals surface area contributed by atoms with E-state index in [-0.39, 0.29) is 37.4 Å². The molecule has 0 saturated heterocycles. The Hall–Kier alpha value is -3.71. The van der Waals surface area contributed by atoms with E-state index in [1.807, 2.05) is 0 Å². The number of hydrogen-bond donors (Lipinski definition) is 8. The Balaban J connectivity index is 3.15. The maximum atomic E-state index is 13.4. The van der Waals surface area contributed by atoms with Crippen LogP contribution in [-0.2, 0) is 30.4 Å². The Morgan fingerprint density at radius 2 is 1.49 bits per heavy atom. The molecule has 0 aromatic heterocycles. The van der Waals surface area contributed by atoms with Crippen molar-refractivity contribution in [1.29, 1.82) is 0 Å². The highest BCUT2D eigenvalue weighted by molar-refractivity contribution is 5.94. The summed E-state index contributed by atoms with van der Waals surface area (Å²) in [6, 6.07) is 1.49. The number of amides is 4. The van der Waals surface area contributed by atoms with Crippen LogP contribution in [0.15, 0.2) is 24.3 Å². The fourth-order valence-corrected chi connectivity index (χ4v) is 3.76. The molecule has 0 aliphatic heterocycles. The van der Waals surface area contributed by atoms with Gasteiger partial charge in [-0.2, -0.15) is 0 Å². The number of nitrogens with two attached hydrogens (primary N) is 3. The molecule has 0 aliphatic rings. The SMILES string of the molecule is CCC(C)C(NC(=O)C(CCCCN)NC(=O)C(Cc1ccc(O)cc1)NC(=O)C(N)CCC(N)=O)C(=O)O. The van der Waals surface area contributed by atoms with Gasteiger partial charge in [0.25, 0.3) is 0 Å². The topological polar surface area (TPSA) is 240 Å². The Morgan fingerprint density at radius 3 is 2.03 bits per heavy atom. The van der Waals surface area contributed by atoms with E-state index < -0.39 is 53.8 Å². The minimum Gasteiger partial charge on any atom is -0.508 e. The third-order valence-corrected chi connectivity index (χ3v) is 6.40. The van der Waals surface area contributed by atoms with E-state index in [0.29, 0.717) is 31.4 Å². The number of hydrogen-bond acceptors (Lipinski definition) is 8. The van der Waals surface area contributed by atoms with Crippen LogP contribution in [0.4, 0.5) is 0 Å². The number of aromatic hydroxyl groups is 1. The fraction of sp³-hybridized carbons (Fsp3) is 0.577. The van der Waals surface area contributed by atoms with Crippen LogP contribution in [0.2, 0.25) is 0 Å². The Labute approximate surface area is 228 Å². The van der Waals surface area contributed by atoms with Gasteiger partial charge in [0.15, 0.2) is 0 Å². The van der Waals surface area contributed by atoms with Crippen molar-refractivity contribution >= 4 is 29.6 Å². The first-order valence-electron chi connectivity index (χ1n) is 13.0. The summed E-state index contributed by atoms with van der Waals surface area (Å²) in [4.78, 5) is 62.0. The molecule has 1 aromatic carbocycles. The molecule has 4 amide bonds. The molecule has 218 valence electrons. The predicted molar refractivity (Wildman–Crippen MR) is 144 cm³/mol. The molecule has 0 heterocycles. The van der Waals surface area contributed by atoms with Crippen LogP contribution in [0.3, 0.4) is 0 Å². The molecular formula is C26H42N6O7. The van der Waals surface area contributed by atoms with Crippen LogP contribution >= 0.6 is 0 Å². The molecule has 0 fully saturated rings. The Kier molecular flexibility index (Phi) is 14.5. The van der Waals surface area contributed by atoms with E-state index in [1.165, 1.54) is 12.1 Å². The van der Waals surface area contributed by atoms with Gasteiger partial charge >= 0.3 is 5.97 Å². The van der Waals surface area contributed by atoms with Crippen molar-refractivity contribution < 1.29 is 34.2 Å². The summed E-state index contributed by atoms with van der Waals surface area (Å²) >= 11 is 0. The van der Waals surface area contributed by atoms with Crippen LogP contribution in [0.1, 0.15) is 57.9 Å². The van der Waals surface area contributed by atoms with Gasteiger partial charge in [0, 0.05) is 12.8 Å². The molecule has 1 aromatic rings. The second kappa shape index (κ2) is 17.0. The van der Waals surface area contributed by atoms with E-state index in [9.17, 15) is 34.2 Å². The van der Waals surface area contributed by atoms with Crippen LogP contribution in [-0.4, -0.2) is 70.5 Å². The zero-order valence-corrected chi connectivity index (χ0v) is 22.5. The summed E-state index contributed by atoms with van der Waals surface area (Å²) < 4.78 is 0. The van der Waals surface area contributed by atoms with Crippen molar-refractivity contribution in [3.8, 4) is 5.75 Å². The molecule has 1 rings (SSSR count). The zero-order valence-electron chi connectivity index (χ0n) is 22.5. The fourth-order valence-electron chi connectivity index (χ4n) is 3.76. The molecule has 0 radical (unpaired) electrons. The van der Waals surface area contributed by atoms with Gasteiger partial charge in [-0.3, -0.25) is 19.2 Å². The van der Waals surface area contributed by atoms with E-state index in [4.69, 9.17) is 17.2 Å². The molecule has 11 N–H and O–H groups in total. The average Bonchev–Trinajstić information content (AvgIpc) is 2.89. The number of carbonyl (C=O) groups is 5. The molecule has 39 heavy (non-hydrogen) atoms. The van der Waals surface area contributed by atoms with Crippen molar-refractivity contribution in [2.24, 2.45) is 23.1 Å². The number of carbonyl (C=O) groups excluding carboxylic acids is 4. The van der Waals surface area contributed by atoms with Gasteiger partial charge in [-0.05, 0) is 55.8 Å². The average molecular weight is 551 g/mol. The standard InChI is InChI=1S/C26H42N6O7/c1-3-15(2)22(26(38)39)32-24(36)19(6-4-5-13-27)30-25(37)20(14-16-7-9-17(33)10-8-16)31-23(35)18(28)11-12-21(29)34/h7-10,15,18-20,22,33H,3-6,11-14,27-28H2,1-2H3,(H2,29,34)(H,30,37)(H,31,35)(H,32,36)(H,38,39). The monoisotopic (exact) mass is 550 g/mol. The molecule has 0 aliphatic carbocycles. The van der Waals surface area contributed by atoms with Gasteiger partial charge in [-0.1, -0.05) is 32.4 Å². The van der Waals surface area contributed by atoms with Crippen molar-refractivity contribution in [3.05, 3.63) is 29.8 Å². The third kappa shape index (κ3) is 12.1. The molecule has 5 unspecified atom stereocenters. The zero-order chi connectivity index (χ0) is 29.5. The van der Waals surface area contributed by atoms with E-state index in [2.05, 4.69) is 16.0 Å². The maximum absolute atomic E-state index is 13.4. The lowest BCUT2D eigenvalue weighted by molar-refractivity contribution is -0.144. The molecule has 0 saturated carbocycles. The minimum absolute atomic E-state index is 0.00213. The van der Waals surface area contributed by atoms with Crippen molar-refractivity contribution in [1.82, 2.24) is 16.0 Å². The van der Waals surface area contributed by atoms with Crippen LogP contribution in [0.5, 0.6) is 5.75 Å². The Morgan fingerprint density at radius 1 is 0.897 bits per heavy atom. The lowest BCUT2D eigenvalue weighted by Crippen LogP contribution is -2.58. The summed E-state index contributed by atoms with van der Waals surface area (Å²) in [5, 5.41) is 26.9. The number of aliphatic carboxylic acids is 1. The summed E-state index contributed by atoms with van der Waals surface area (Å²) in [7, 11) is 0. The Bertz CT molecular complexity index is 972. The number of carboxylic acid groups (broad SMARTS) is 1. The van der Waals surface area contributed by atoms with E-state index in [1.54, 1.807) is 26.0 Å². The smallest absolute Gasteiger partial charge is 0.326 e. The van der Waals surface area contributed by atoms with Gasteiger partial charge in [0.05, 0.1) is 6.04 Å². The minimum atomic E-state index is -1.19. The first-order valence-corrected chi connectivity index (χ1v) is 13.0. The third-order valence-electron chi connectivity index (χ3n) is 6.40. The van der Waals surface area contributed by atoms with E-state index in [0.717, 1.165) is 0 Å². The van der Waals surface area contributed by atoms with Gasteiger partial charge in [0.2, 0.25) is 23.6 Å². The number of primary amides is 1. The summed E-state index contributed by atoms with van der Waals surface area (Å²) in [6.45, 7) is 3.87. The van der Waals surface area contributed by atoms with Crippen molar-refractivity contribution in [2.45, 2.75) is 83.0 Å². The number of unbranched alkanes of at least 4 members (excludes halogenated alkanes) is 1. The number of benzene rings is 1. The van der Waals surface area contributed by atoms with Crippen molar-refractivity contribution in [3.63, 3.8) is 0 Å². The number of rotatable bonds is 18. The first kappa shape index (κ1) is 33.3. The predicted octanol–water partition coefficient (Wildman–Crippen LogP) is -0.758. The van der Waals surface area contributed by atoms with Gasteiger partial charge in [0.1, 0.15) is 23.9 Å². The lowest BCUT2D eigenvalue weighted by atomic mass is 9.98. The highest BCUT2D eigenvalue weighted by Gasteiger charge is 2.32. The van der Waals surface area contributed by atoms with Gasteiger partial charge < -0.3 is 43.4 Å². The summed E-state index contributed by atoms with van der Waals surface area (Å²) in [5.41, 5.74) is 17.2. The summed E-state index contributed by atoms with van der Waals surface area (Å²) in [5.74, 6) is -4.20. The van der Waals surface area contributed by atoms with Crippen LogP contribution < -0.4 is 33.2 Å². The van der Waals surface area contributed by atoms with Crippen molar-refractivity contribution in [2.75, 3.05) is 6.54 Å². The first-order chi connectivity index (χ1) is 18.4. The molecular weight excluding hydrogens is 508 g/mol. The molecule has 5 atom stereocenters. The molecule has 0 bridgehead atoms. The van der Waals surface area contributed by atoms with Crippen LogP contribution in [0, 0.1) is 5.92 Å². The molecule has 13 heteroatoms.